The van der Waals surface area contributed by atoms with Crippen molar-refractivity contribution in [2.75, 3.05) is 20.2 Å². The Hall–Kier alpha value is -6.38. The molecule has 274 valence electrons. The van der Waals surface area contributed by atoms with E-state index in [1.165, 1.54) is 7.11 Å². The number of guanidine groups is 1. The number of esters is 1. The lowest BCUT2D eigenvalue weighted by molar-refractivity contribution is -0.141. The molecule has 0 aliphatic rings. The van der Waals surface area contributed by atoms with E-state index in [0.717, 1.165) is 27.6 Å². The number of nitrogens with one attached hydrogen (secondary N) is 5. The predicted molar refractivity (Wildman–Crippen MR) is 194 cm³/mol. The highest BCUT2D eigenvalue weighted by Gasteiger charge is 2.31. The number of aromatic nitrogens is 1. The first-order valence-electron chi connectivity index (χ1n) is 16.7. The maximum atomic E-state index is 14.0. The zero-order chi connectivity index (χ0) is 37.3. The van der Waals surface area contributed by atoms with E-state index in [4.69, 9.17) is 16.2 Å². The van der Waals surface area contributed by atoms with Gasteiger partial charge >= 0.3 is 12.1 Å². The standard InChI is InChI=1S/C37H44N8O7/c1-51-32(46)22-42-33(47)31(20-26-21-41-28-16-9-8-15-27(26)28)44-34(48)29(17-10-18-40-36(38)39)43-35(49)30(19-24-11-4-2-5-12-24)45-37(50)52-23-25-13-6-3-7-14-25/h2-9,11-16,21,29-31,41H,10,17-20,22-23H2,1H3,(H,42,47)(H,43,49)(H,44,48)(H,45,50)(H4,38,39,40)/t29-,30+,31+/m1/s1. The number of hydrogen-bond acceptors (Lipinski definition) is 8. The molecule has 0 saturated heterocycles. The Bertz CT molecular complexity index is 1830. The zero-order valence-corrected chi connectivity index (χ0v) is 28.8. The Morgan fingerprint density at radius 1 is 0.750 bits per heavy atom. The van der Waals surface area contributed by atoms with Crippen molar-refractivity contribution in [3.8, 4) is 0 Å². The molecule has 4 rings (SSSR count). The summed E-state index contributed by atoms with van der Waals surface area (Å²) in [5.41, 5.74) is 14.0. The van der Waals surface area contributed by atoms with E-state index in [0.29, 0.717) is 0 Å². The molecular formula is C37H44N8O7. The Morgan fingerprint density at radius 3 is 2.06 bits per heavy atom. The van der Waals surface area contributed by atoms with E-state index in [9.17, 15) is 24.0 Å². The van der Waals surface area contributed by atoms with Crippen LogP contribution >= 0.6 is 0 Å². The monoisotopic (exact) mass is 712 g/mol. The summed E-state index contributed by atoms with van der Waals surface area (Å²) in [4.78, 5) is 73.1. The number of hydrogen-bond donors (Lipinski definition) is 7. The van der Waals surface area contributed by atoms with Gasteiger partial charge in [-0.25, -0.2) is 4.79 Å². The molecule has 3 aromatic carbocycles. The average Bonchev–Trinajstić information content (AvgIpc) is 3.56. The van der Waals surface area contributed by atoms with Crippen LogP contribution in [-0.2, 0) is 48.1 Å². The van der Waals surface area contributed by atoms with Gasteiger partial charge in [0.25, 0.3) is 0 Å². The second-order valence-corrected chi connectivity index (χ2v) is 11.9. The number of carbonyl (C=O) groups is 5. The van der Waals surface area contributed by atoms with Crippen LogP contribution in [0.2, 0.25) is 0 Å². The highest BCUT2D eigenvalue weighted by molar-refractivity contribution is 5.95. The SMILES string of the molecule is COC(=O)CNC(=O)[C@H](Cc1c[nH]c2ccccc12)NC(=O)[C@@H](CCCN=C(N)N)NC(=O)[C@H](Cc1ccccc1)NC(=O)OCc1ccccc1. The number of nitrogens with two attached hydrogens (primary N) is 2. The molecule has 15 nitrogen and oxygen atoms in total. The number of amides is 4. The Morgan fingerprint density at radius 2 is 1.37 bits per heavy atom. The third kappa shape index (κ3) is 12.2. The number of fused-ring (bicyclic) bond motifs is 1. The minimum Gasteiger partial charge on any atom is -0.468 e. The molecule has 4 aromatic rings. The molecule has 0 unspecified atom stereocenters. The fourth-order valence-electron chi connectivity index (χ4n) is 5.37. The predicted octanol–water partition coefficient (Wildman–Crippen LogP) is 1.56. The van der Waals surface area contributed by atoms with E-state index in [1.54, 1.807) is 42.6 Å². The first-order chi connectivity index (χ1) is 25.1. The average molecular weight is 713 g/mol. The second-order valence-electron chi connectivity index (χ2n) is 11.9. The van der Waals surface area contributed by atoms with Crippen molar-refractivity contribution >= 4 is 46.6 Å². The van der Waals surface area contributed by atoms with E-state index in [1.807, 2.05) is 48.5 Å². The first kappa shape index (κ1) is 38.4. The zero-order valence-electron chi connectivity index (χ0n) is 28.8. The number of aromatic amines is 1. The van der Waals surface area contributed by atoms with Crippen LogP contribution in [0.25, 0.3) is 10.9 Å². The van der Waals surface area contributed by atoms with Crippen LogP contribution in [-0.4, -0.2) is 79.1 Å². The molecule has 0 aliphatic carbocycles. The summed E-state index contributed by atoms with van der Waals surface area (Å²) >= 11 is 0. The number of para-hydroxylation sites is 1. The molecule has 0 fully saturated rings. The molecule has 9 N–H and O–H groups in total. The molecule has 0 bridgehead atoms. The normalized spacial score (nSPS) is 12.4. The van der Waals surface area contributed by atoms with Crippen molar-refractivity contribution < 1.29 is 33.4 Å². The fourth-order valence-corrected chi connectivity index (χ4v) is 5.37. The maximum Gasteiger partial charge on any atom is 0.408 e. The van der Waals surface area contributed by atoms with Crippen LogP contribution in [0.3, 0.4) is 0 Å². The third-order valence-electron chi connectivity index (χ3n) is 8.05. The van der Waals surface area contributed by atoms with Gasteiger partial charge in [0.05, 0.1) is 7.11 Å². The summed E-state index contributed by atoms with van der Waals surface area (Å²) in [6.45, 7) is -0.266. The van der Waals surface area contributed by atoms with Gasteiger partial charge in [0.15, 0.2) is 5.96 Å². The largest absolute Gasteiger partial charge is 0.468 e. The molecule has 0 saturated carbocycles. The molecule has 0 aliphatic heterocycles. The minimum atomic E-state index is -1.18. The van der Waals surface area contributed by atoms with Crippen LogP contribution in [0.1, 0.15) is 29.5 Å². The van der Waals surface area contributed by atoms with E-state index in [2.05, 4.69) is 36.0 Å². The smallest absolute Gasteiger partial charge is 0.408 e. The number of aliphatic imine (C=N–C) groups is 1. The van der Waals surface area contributed by atoms with E-state index < -0.39 is 54.5 Å². The van der Waals surface area contributed by atoms with Gasteiger partial charge in [-0.2, -0.15) is 0 Å². The molecule has 3 atom stereocenters. The number of carbonyl (C=O) groups excluding carboxylic acids is 5. The first-order valence-corrected chi connectivity index (χ1v) is 16.7. The lowest BCUT2D eigenvalue weighted by Gasteiger charge is -2.25. The summed E-state index contributed by atoms with van der Waals surface area (Å²) in [7, 11) is 1.19. The van der Waals surface area contributed by atoms with Gasteiger partial charge in [0.2, 0.25) is 17.7 Å². The van der Waals surface area contributed by atoms with Gasteiger partial charge in [-0.1, -0.05) is 78.9 Å². The molecule has 0 radical (unpaired) electrons. The third-order valence-corrected chi connectivity index (χ3v) is 8.05. The van der Waals surface area contributed by atoms with Gasteiger partial charge in [0.1, 0.15) is 31.3 Å². The van der Waals surface area contributed by atoms with Crippen LogP contribution in [0.5, 0.6) is 0 Å². The number of alkyl carbamates (subject to hydrolysis) is 1. The van der Waals surface area contributed by atoms with Crippen molar-refractivity contribution in [3.05, 3.63) is 108 Å². The van der Waals surface area contributed by atoms with Crippen molar-refractivity contribution in [2.45, 2.75) is 50.4 Å². The lowest BCUT2D eigenvalue weighted by atomic mass is 10.0. The molecule has 0 spiro atoms. The molecule has 1 aromatic heterocycles. The van der Waals surface area contributed by atoms with Gasteiger partial charge in [0, 0.05) is 36.5 Å². The summed E-state index contributed by atoms with van der Waals surface area (Å²) < 4.78 is 10.0. The van der Waals surface area contributed by atoms with Crippen LogP contribution in [0, 0.1) is 0 Å². The highest BCUT2D eigenvalue weighted by atomic mass is 16.5. The molecule has 1 heterocycles. The van der Waals surface area contributed by atoms with Crippen LogP contribution in [0.15, 0.2) is 96.1 Å². The summed E-state index contributed by atoms with van der Waals surface area (Å²) in [5, 5.41) is 11.5. The van der Waals surface area contributed by atoms with Crippen molar-refractivity contribution in [2.24, 2.45) is 16.5 Å². The number of methoxy groups -OCH3 is 1. The van der Waals surface area contributed by atoms with Crippen molar-refractivity contribution in [1.29, 1.82) is 0 Å². The summed E-state index contributed by atoms with van der Waals surface area (Å²) in [5.74, 6) is -2.78. The maximum absolute atomic E-state index is 14.0. The van der Waals surface area contributed by atoms with Gasteiger partial charge in [-0.15, -0.1) is 0 Å². The second kappa shape index (κ2) is 19.7. The topological polar surface area (TPSA) is 232 Å². The van der Waals surface area contributed by atoms with E-state index in [-0.39, 0.29) is 44.8 Å². The number of benzene rings is 3. The molecular weight excluding hydrogens is 668 g/mol. The van der Waals surface area contributed by atoms with Gasteiger partial charge < -0.3 is 47.2 Å². The van der Waals surface area contributed by atoms with Crippen LogP contribution in [0.4, 0.5) is 4.79 Å². The number of ether oxygens (including phenoxy) is 2. The summed E-state index contributed by atoms with van der Waals surface area (Å²) in [6, 6.07) is 22.1. The molecule has 4 amide bonds. The minimum absolute atomic E-state index is 0.0158. The van der Waals surface area contributed by atoms with Gasteiger partial charge in [-0.3, -0.25) is 24.2 Å². The quantitative estimate of drug-likeness (QED) is 0.0343. The Balaban J connectivity index is 1.55. The summed E-state index contributed by atoms with van der Waals surface area (Å²) in [6.07, 6.45) is 1.43. The van der Waals surface area contributed by atoms with Crippen molar-refractivity contribution in [3.63, 3.8) is 0 Å². The van der Waals surface area contributed by atoms with E-state index >= 15 is 0 Å². The van der Waals surface area contributed by atoms with Crippen LogP contribution < -0.4 is 32.7 Å². The fraction of sp³-hybridized carbons (Fsp3) is 0.297. The molecule has 52 heavy (non-hydrogen) atoms. The Labute approximate surface area is 300 Å². The molecule has 15 heteroatoms. The number of rotatable bonds is 18. The highest BCUT2D eigenvalue weighted by Crippen LogP contribution is 2.19. The number of H-pyrrole nitrogens is 1. The number of nitrogens with zero attached hydrogens (tertiary/aromatic N) is 1. The lowest BCUT2D eigenvalue weighted by Crippen LogP contribution is -2.57. The van der Waals surface area contributed by atoms with Crippen molar-refractivity contribution in [1.82, 2.24) is 26.3 Å². The Kier molecular flexibility index (Phi) is 14.6. The van der Waals surface area contributed by atoms with Gasteiger partial charge in [-0.05, 0) is 35.6 Å².